The van der Waals surface area contributed by atoms with Crippen LogP contribution >= 0.6 is 0 Å². The van der Waals surface area contributed by atoms with Crippen molar-refractivity contribution in [2.24, 2.45) is 0 Å². The summed E-state index contributed by atoms with van der Waals surface area (Å²) in [5.41, 5.74) is 0.907. The fourth-order valence-corrected chi connectivity index (χ4v) is 4.67. The number of carbonyl (C=O) groups excluding carboxylic acids is 2. The number of urea groups is 1. The molecule has 9 nitrogen and oxygen atoms in total. The second-order valence-corrected chi connectivity index (χ2v) is 7.91. The Morgan fingerprint density at radius 3 is 2.44 bits per heavy atom. The lowest BCUT2D eigenvalue weighted by Gasteiger charge is -2.37. The zero-order valence-corrected chi connectivity index (χ0v) is 14.6. The highest BCUT2D eigenvalue weighted by Crippen LogP contribution is 2.29. The van der Waals surface area contributed by atoms with Crippen LogP contribution in [-0.2, 0) is 14.8 Å². The van der Waals surface area contributed by atoms with Gasteiger partial charge in [0.2, 0.25) is 15.9 Å². The lowest BCUT2D eigenvalue weighted by Crippen LogP contribution is -2.61. The van der Waals surface area contributed by atoms with E-state index in [1.165, 1.54) is 4.31 Å². The Morgan fingerprint density at radius 2 is 1.80 bits per heavy atom. The first-order chi connectivity index (χ1) is 11.9. The molecule has 2 fully saturated rings. The van der Waals surface area contributed by atoms with E-state index in [-0.39, 0.29) is 19.6 Å². The van der Waals surface area contributed by atoms with Gasteiger partial charge in [-0.25, -0.2) is 13.2 Å². The number of nitrogens with zero attached hydrogens (tertiary/aromatic N) is 2. The maximum absolute atomic E-state index is 12.7. The normalized spacial score (nSPS) is 22.3. The number of hydrogen-bond acceptors (Lipinski definition) is 6. The van der Waals surface area contributed by atoms with Gasteiger partial charge in [-0.15, -0.1) is 0 Å². The van der Waals surface area contributed by atoms with Gasteiger partial charge < -0.3 is 15.0 Å². The summed E-state index contributed by atoms with van der Waals surface area (Å²) in [6, 6.07) is 6.88. The van der Waals surface area contributed by atoms with Crippen LogP contribution in [0, 0.1) is 0 Å². The van der Waals surface area contributed by atoms with Gasteiger partial charge in [0.1, 0.15) is 5.75 Å². The highest BCUT2D eigenvalue weighted by Gasteiger charge is 2.41. The molecule has 10 heteroatoms. The zero-order valence-electron chi connectivity index (χ0n) is 13.8. The lowest BCUT2D eigenvalue weighted by molar-refractivity contribution is -0.120. The van der Waals surface area contributed by atoms with E-state index in [1.807, 2.05) is 34.5 Å². The second kappa shape index (κ2) is 6.89. The number of hydrogen-bond donors (Lipinski definition) is 2. The summed E-state index contributed by atoms with van der Waals surface area (Å²) in [5, 5.41) is 3.07. The molecule has 3 rings (SSSR count). The predicted octanol–water partition coefficient (Wildman–Crippen LogP) is -0.645. The quantitative estimate of drug-likeness (QED) is 0.732. The van der Waals surface area contributed by atoms with Crippen LogP contribution in [0.4, 0.5) is 10.5 Å². The van der Waals surface area contributed by atoms with Gasteiger partial charge in [-0.2, -0.15) is 4.31 Å². The molecule has 0 aliphatic carbocycles. The molecule has 2 heterocycles. The molecule has 25 heavy (non-hydrogen) atoms. The molecule has 2 saturated heterocycles. The van der Waals surface area contributed by atoms with Crippen LogP contribution < -0.4 is 20.3 Å². The van der Waals surface area contributed by atoms with E-state index in [0.717, 1.165) is 11.4 Å². The predicted molar refractivity (Wildman–Crippen MR) is 91.0 cm³/mol. The van der Waals surface area contributed by atoms with Gasteiger partial charge in [0.15, 0.2) is 5.25 Å². The fraction of sp³-hybridized carbons (Fsp3) is 0.467. The van der Waals surface area contributed by atoms with E-state index in [1.54, 1.807) is 7.11 Å². The van der Waals surface area contributed by atoms with Gasteiger partial charge in [0.25, 0.3) is 0 Å². The summed E-state index contributed by atoms with van der Waals surface area (Å²) in [6.45, 7) is 1.29. The molecular weight excluding hydrogens is 348 g/mol. The summed E-state index contributed by atoms with van der Waals surface area (Å²) in [7, 11) is -2.24. The fourth-order valence-electron chi connectivity index (χ4n) is 3.01. The minimum absolute atomic E-state index is 0.209. The highest BCUT2D eigenvalue weighted by atomic mass is 32.2. The number of amides is 3. The van der Waals surface area contributed by atoms with E-state index in [0.29, 0.717) is 13.1 Å². The van der Waals surface area contributed by atoms with Crippen molar-refractivity contribution in [1.29, 1.82) is 0 Å². The number of para-hydroxylation sites is 2. The Morgan fingerprint density at radius 1 is 1.12 bits per heavy atom. The molecule has 1 unspecified atom stereocenters. The van der Waals surface area contributed by atoms with Crippen LogP contribution in [0.5, 0.6) is 5.75 Å². The van der Waals surface area contributed by atoms with Crippen LogP contribution in [0.1, 0.15) is 0 Å². The minimum atomic E-state index is -3.83. The molecule has 1 aromatic carbocycles. The van der Waals surface area contributed by atoms with E-state index in [4.69, 9.17) is 4.74 Å². The Balaban J connectivity index is 1.69. The largest absolute Gasteiger partial charge is 0.495 e. The molecule has 0 saturated carbocycles. The lowest BCUT2D eigenvalue weighted by atomic mass is 10.2. The van der Waals surface area contributed by atoms with Crippen LogP contribution in [0.2, 0.25) is 0 Å². The highest BCUT2D eigenvalue weighted by molar-refractivity contribution is 7.90. The number of rotatable bonds is 4. The summed E-state index contributed by atoms with van der Waals surface area (Å²) in [4.78, 5) is 25.0. The van der Waals surface area contributed by atoms with Gasteiger partial charge >= 0.3 is 6.03 Å². The number of piperazine rings is 1. The van der Waals surface area contributed by atoms with Crippen molar-refractivity contribution in [3.8, 4) is 5.75 Å². The number of methoxy groups -OCH3 is 1. The summed E-state index contributed by atoms with van der Waals surface area (Å²) in [5.74, 6) is -0.0518. The number of carbonyl (C=O) groups is 2. The summed E-state index contributed by atoms with van der Waals surface area (Å²) < 4.78 is 32.0. The molecule has 3 amide bonds. The van der Waals surface area contributed by atoms with Crippen LogP contribution in [0.3, 0.4) is 0 Å². The molecule has 1 atom stereocenters. The number of nitrogens with one attached hydrogen (secondary N) is 2. The molecular formula is C15H20N4O5S. The van der Waals surface area contributed by atoms with Crippen molar-refractivity contribution in [2.75, 3.05) is 44.7 Å². The van der Waals surface area contributed by atoms with Gasteiger partial charge in [0, 0.05) is 32.7 Å². The zero-order chi connectivity index (χ0) is 18.0. The smallest absolute Gasteiger partial charge is 0.321 e. The van der Waals surface area contributed by atoms with E-state index >= 15 is 0 Å². The standard InChI is InChI=1S/C15H20N4O5S/c1-24-12-5-3-2-4-11(12)18-6-8-19(9-7-18)25(22,23)13-10-16-15(21)17-14(13)20/h2-5,13H,6-10H2,1H3,(H2,16,17,20,21). The van der Waals surface area contributed by atoms with Crippen LogP contribution in [-0.4, -0.2) is 69.7 Å². The maximum atomic E-state index is 12.7. The van der Waals surface area contributed by atoms with Crippen molar-refractivity contribution in [2.45, 2.75) is 5.25 Å². The summed E-state index contributed by atoms with van der Waals surface area (Å²) >= 11 is 0. The van der Waals surface area contributed by atoms with E-state index < -0.39 is 27.2 Å². The van der Waals surface area contributed by atoms with Gasteiger partial charge in [-0.05, 0) is 12.1 Å². The minimum Gasteiger partial charge on any atom is -0.495 e. The van der Waals surface area contributed by atoms with Crippen molar-refractivity contribution in [3.63, 3.8) is 0 Å². The van der Waals surface area contributed by atoms with Crippen molar-refractivity contribution < 1.29 is 22.7 Å². The first-order valence-corrected chi connectivity index (χ1v) is 9.39. The Bertz CT molecular complexity index is 774. The Kier molecular flexibility index (Phi) is 4.82. The molecule has 2 N–H and O–H groups in total. The monoisotopic (exact) mass is 368 g/mol. The Hall–Kier alpha value is -2.33. The average molecular weight is 368 g/mol. The third-order valence-corrected chi connectivity index (χ3v) is 6.55. The SMILES string of the molecule is COc1ccccc1N1CCN(S(=O)(=O)C2CNC(=O)NC2=O)CC1. The number of anilines is 1. The number of benzene rings is 1. The molecule has 0 spiro atoms. The van der Waals surface area contributed by atoms with Gasteiger partial charge in [0.05, 0.1) is 12.8 Å². The van der Waals surface area contributed by atoms with Gasteiger partial charge in [-0.3, -0.25) is 10.1 Å². The average Bonchev–Trinajstić information content (AvgIpc) is 2.61. The molecule has 136 valence electrons. The van der Waals surface area contributed by atoms with Crippen molar-refractivity contribution >= 4 is 27.6 Å². The third kappa shape index (κ3) is 3.40. The first-order valence-electron chi connectivity index (χ1n) is 7.89. The molecule has 0 aromatic heterocycles. The second-order valence-electron chi connectivity index (χ2n) is 5.79. The van der Waals surface area contributed by atoms with E-state index in [2.05, 4.69) is 5.32 Å². The molecule has 2 aliphatic rings. The topological polar surface area (TPSA) is 108 Å². The molecule has 2 aliphatic heterocycles. The number of ether oxygens (including phenoxy) is 1. The number of sulfonamides is 1. The van der Waals surface area contributed by atoms with Crippen molar-refractivity contribution in [3.05, 3.63) is 24.3 Å². The van der Waals surface area contributed by atoms with Crippen molar-refractivity contribution in [1.82, 2.24) is 14.9 Å². The molecule has 1 aromatic rings. The summed E-state index contributed by atoms with van der Waals surface area (Å²) in [6.07, 6.45) is 0. The molecule has 0 radical (unpaired) electrons. The van der Waals surface area contributed by atoms with E-state index in [9.17, 15) is 18.0 Å². The first kappa shape index (κ1) is 17.5. The number of imide groups is 1. The van der Waals surface area contributed by atoms with Gasteiger partial charge in [-0.1, -0.05) is 12.1 Å². The van der Waals surface area contributed by atoms with Crippen LogP contribution in [0.15, 0.2) is 24.3 Å². The third-order valence-electron chi connectivity index (χ3n) is 4.36. The Labute approximate surface area is 146 Å². The molecule has 0 bridgehead atoms. The maximum Gasteiger partial charge on any atom is 0.321 e. The van der Waals surface area contributed by atoms with Crippen LogP contribution in [0.25, 0.3) is 0 Å².